The van der Waals surface area contributed by atoms with Crippen molar-refractivity contribution in [2.24, 2.45) is 0 Å². The first-order chi connectivity index (χ1) is 16.7. The minimum absolute atomic E-state index is 0.341. The van der Waals surface area contributed by atoms with Gasteiger partial charge in [-0.3, -0.25) is 15.0 Å². The highest BCUT2D eigenvalue weighted by Gasteiger charge is 2.31. The Bertz CT molecular complexity index is 1120. The predicted octanol–water partition coefficient (Wildman–Crippen LogP) is 6.39. The molecule has 0 spiro atoms. The molecule has 3 rings (SSSR count). The summed E-state index contributed by atoms with van der Waals surface area (Å²) >= 11 is 0. The molecule has 0 fully saturated rings. The zero-order chi connectivity index (χ0) is 25.4. The average molecular weight is 479 g/mol. The van der Waals surface area contributed by atoms with E-state index in [0.29, 0.717) is 17.2 Å². The van der Waals surface area contributed by atoms with Crippen LogP contribution in [-0.2, 0) is 4.74 Å². The molecule has 35 heavy (non-hydrogen) atoms. The van der Waals surface area contributed by atoms with Crippen molar-refractivity contribution in [1.82, 2.24) is 0 Å². The lowest BCUT2D eigenvalue weighted by atomic mass is 9.84. The fourth-order valence-corrected chi connectivity index (χ4v) is 3.68. The fourth-order valence-electron chi connectivity index (χ4n) is 3.68. The third kappa shape index (κ3) is 7.20. The number of hydrogen-bond donors (Lipinski definition) is 0. The second-order valence-corrected chi connectivity index (χ2v) is 8.96. The van der Waals surface area contributed by atoms with Crippen molar-refractivity contribution in [2.45, 2.75) is 38.2 Å². The van der Waals surface area contributed by atoms with Gasteiger partial charge in [-0.2, -0.15) is 0 Å². The highest BCUT2D eigenvalue weighted by Crippen LogP contribution is 2.35. The number of carbonyl (C=O) groups excluding carboxylic acids is 1. The zero-order valence-corrected chi connectivity index (χ0v) is 20.3. The molecule has 0 aliphatic heterocycles. The normalized spacial score (nSPS) is 13.3. The van der Waals surface area contributed by atoms with Gasteiger partial charge in [0.25, 0.3) is 0 Å². The molecule has 184 valence electrons. The van der Waals surface area contributed by atoms with Crippen LogP contribution in [0, 0.1) is 10.1 Å². The molecule has 2 aromatic carbocycles. The minimum atomic E-state index is -0.712. The molecular weight excluding hydrogens is 448 g/mol. The number of methoxy groups -OCH3 is 1. The fraction of sp³-hybridized carbons (Fsp3) is 0.296. The maximum atomic E-state index is 13.1. The second-order valence-electron chi connectivity index (χ2n) is 8.96. The Morgan fingerprint density at radius 2 is 1.77 bits per heavy atom. The quantitative estimate of drug-likeness (QED) is 0.261. The standard InChI is InChI=1S/C27H30N2O6/c1-27(2,3)35-26(30)28(21-12-14-22(33-4)15-13-21)17-16-23(20-9-6-5-7-10-20)24(19-29(31)32)25-11-8-18-34-25/h5-18,23-24H,19H2,1-4H3/b17-16+/t23-,24-/m1/s1. The summed E-state index contributed by atoms with van der Waals surface area (Å²) in [5, 5.41) is 11.6. The van der Waals surface area contributed by atoms with Gasteiger partial charge in [-0.25, -0.2) is 4.79 Å². The van der Waals surface area contributed by atoms with Crippen LogP contribution in [0.4, 0.5) is 10.5 Å². The molecule has 0 radical (unpaired) electrons. The van der Waals surface area contributed by atoms with E-state index in [0.717, 1.165) is 5.56 Å². The SMILES string of the molecule is COc1ccc(N(/C=C/[C@H](c2ccccc2)[C@@H](C[N+](=O)[O-])c2ccco2)C(=O)OC(C)(C)C)cc1. The molecule has 0 bridgehead atoms. The molecule has 1 heterocycles. The number of amides is 1. The topological polar surface area (TPSA) is 95.0 Å². The van der Waals surface area contributed by atoms with Crippen LogP contribution < -0.4 is 9.64 Å². The van der Waals surface area contributed by atoms with E-state index in [9.17, 15) is 14.9 Å². The summed E-state index contributed by atoms with van der Waals surface area (Å²) in [4.78, 5) is 25.7. The van der Waals surface area contributed by atoms with Gasteiger partial charge in [0, 0.05) is 17.0 Å². The predicted molar refractivity (Wildman–Crippen MR) is 133 cm³/mol. The van der Waals surface area contributed by atoms with Crippen molar-refractivity contribution in [1.29, 1.82) is 0 Å². The summed E-state index contributed by atoms with van der Waals surface area (Å²) in [6.45, 7) is 5.03. The van der Waals surface area contributed by atoms with Crippen molar-refractivity contribution in [3.63, 3.8) is 0 Å². The van der Waals surface area contributed by atoms with E-state index in [-0.39, 0.29) is 11.5 Å². The van der Waals surface area contributed by atoms with Gasteiger partial charge in [-0.1, -0.05) is 36.4 Å². The maximum absolute atomic E-state index is 13.1. The zero-order valence-electron chi connectivity index (χ0n) is 20.3. The first kappa shape index (κ1) is 25.6. The van der Waals surface area contributed by atoms with E-state index in [1.807, 2.05) is 30.3 Å². The number of allylic oxidation sites excluding steroid dienone is 1. The van der Waals surface area contributed by atoms with Gasteiger partial charge < -0.3 is 13.9 Å². The number of rotatable bonds is 9. The molecule has 8 nitrogen and oxygen atoms in total. The van der Waals surface area contributed by atoms with Gasteiger partial charge in [0.05, 0.1) is 25.0 Å². The molecule has 0 unspecified atom stereocenters. The van der Waals surface area contributed by atoms with Crippen molar-refractivity contribution in [3.8, 4) is 5.75 Å². The molecule has 1 aromatic heterocycles. The van der Waals surface area contributed by atoms with Gasteiger partial charge in [-0.05, 0) is 62.7 Å². The molecule has 1 amide bonds. The van der Waals surface area contributed by atoms with Gasteiger partial charge in [0.1, 0.15) is 17.1 Å². The summed E-state index contributed by atoms with van der Waals surface area (Å²) in [7, 11) is 1.56. The van der Waals surface area contributed by atoms with Crippen molar-refractivity contribution < 1.29 is 23.6 Å². The number of nitro groups is 1. The Morgan fingerprint density at radius 3 is 2.31 bits per heavy atom. The van der Waals surface area contributed by atoms with E-state index in [2.05, 4.69) is 0 Å². The number of benzene rings is 2. The number of nitrogens with zero attached hydrogens (tertiary/aromatic N) is 2. The van der Waals surface area contributed by atoms with Gasteiger partial charge in [0.15, 0.2) is 0 Å². The van der Waals surface area contributed by atoms with Crippen LogP contribution in [0.3, 0.4) is 0 Å². The van der Waals surface area contributed by atoms with E-state index < -0.39 is 23.5 Å². The molecule has 2 atom stereocenters. The van der Waals surface area contributed by atoms with Crippen molar-refractivity contribution in [3.05, 3.63) is 107 Å². The van der Waals surface area contributed by atoms with Crippen molar-refractivity contribution in [2.75, 3.05) is 18.6 Å². The van der Waals surface area contributed by atoms with E-state index >= 15 is 0 Å². The van der Waals surface area contributed by atoms with Crippen LogP contribution in [-0.4, -0.2) is 30.3 Å². The third-order valence-corrected chi connectivity index (χ3v) is 5.26. The molecule has 0 saturated heterocycles. The van der Waals surface area contributed by atoms with Crippen LogP contribution in [0.25, 0.3) is 0 Å². The number of furan rings is 1. The van der Waals surface area contributed by atoms with Crippen LogP contribution in [0.5, 0.6) is 5.75 Å². The van der Waals surface area contributed by atoms with Crippen LogP contribution >= 0.6 is 0 Å². The summed E-state index contributed by atoms with van der Waals surface area (Å²) in [6.07, 6.45) is 4.30. The number of hydrogen-bond acceptors (Lipinski definition) is 6. The highest BCUT2D eigenvalue weighted by molar-refractivity contribution is 5.90. The molecule has 0 N–H and O–H groups in total. The summed E-state index contributed by atoms with van der Waals surface area (Å²) in [5.74, 6) is 0.104. The largest absolute Gasteiger partial charge is 0.497 e. The first-order valence-corrected chi connectivity index (χ1v) is 11.2. The highest BCUT2D eigenvalue weighted by atomic mass is 16.6. The van der Waals surface area contributed by atoms with E-state index in [1.54, 1.807) is 76.6 Å². The second kappa shape index (κ2) is 11.4. The molecule has 8 heteroatoms. The van der Waals surface area contributed by atoms with Crippen molar-refractivity contribution >= 4 is 11.8 Å². The lowest BCUT2D eigenvalue weighted by Gasteiger charge is -2.26. The van der Waals surface area contributed by atoms with E-state index in [1.165, 1.54) is 11.2 Å². The molecule has 3 aromatic rings. The maximum Gasteiger partial charge on any atom is 0.418 e. The third-order valence-electron chi connectivity index (χ3n) is 5.26. The number of carbonyl (C=O) groups is 1. The number of ether oxygens (including phenoxy) is 2. The first-order valence-electron chi connectivity index (χ1n) is 11.2. The molecular formula is C27H30N2O6. The Balaban J connectivity index is 2.05. The van der Waals surface area contributed by atoms with Crippen LogP contribution in [0.1, 0.15) is 43.9 Å². The minimum Gasteiger partial charge on any atom is -0.497 e. The number of anilines is 1. The summed E-state index contributed by atoms with van der Waals surface area (Å²) < 4.78 is 16.4. The van der Waals surface area contributed by atoms with Crippen LogP contribution in [0.15, 0.2) is 89.7 Å². The summed E-state index contributed by atoms with van der Waals surface area (Å²) in [6, 6.07) is 19.8. The van der Waals surface area contributed by atoms with Crippen LogP contribution in [0.2, 0.25) is 0 Å². The Labute approximate surface area is 204 Å². The lowest BCUT2D eigenvalue weighted by molar-refractivity contribution is -0.484. The molecule has 0 saturated carbocycles. The monoisotopic (exact) mass is 478 g/mol. The lowest BCUT2D eigenvalue weighted by Crippen LogP contribution is -2.33. The Kier molecular flexibility index (Phi) is 8.30. The van der Waals surface area contributed by atoms with Gasteiger partial charge in [-0.15, -0.1) is 0 Å². The smallest absolute Gasteiger partial charge is 0.418 e. The molecule has 0 aliphatic carbocycles. The Morgan fingerprint density at radius 1 is 1.09 bits per heavy atom. The Hall–Kier alpha value is -4.07. The average Bonchev–Trinajstić information content (AvgIpc) is 3.35. The van der Waals surface area contributed by atoms with Gasteiger partial charge >= 0.3 is 6.09 Å². The van der Waals surface area contributed by atoms with E-state index in [4.69, 9.17) is 13.9 Å². The molecule has 0 aliphatic rings. The summed E-state index contributed by atoms with van der Waals surface area (Å²) in [5.41, 5.74) is 0.703. The van der Waals surface area contributed by atoms with Gasteiger partial charge in [0.2, 0.25) is 6.54 Å².